The van der Waals surface area contributed by atoms with Gasteiger partial charge in [-0.3, -0.25) is 0 Å². The zero-order valence-corrected chi connectivity index (χ0v) is 15.8. The van der Waals surface area contributed by atoms with E-state index in [0.717, 1.165) is 55.0 Å². The number of aromatic nitrogens is 3. The summed E-state index contributed by atoms with van der Waals surface area (Å²) in [5.41, 5.74) is 1.92. The number of rotatable bonds is 5. The lowest BCUT2D eigenvalue weighted by Gasteiger charge is -2.35. The van der Waals surface area contributed by atoms with Crippen LogP contribution in [0.1, 0.15) is 11.3 Å². The van der Waals surface area contributed by atoms with E-state index in [4.69, 9.17) is 0 Å². The predicted octanol–water partition coefficient (Wildman–Crippen LogP) is 3.26. The third kappa shape index (κ3) is 4.36. The number of aryl methyl sites for hydroxylation is 1. The first kappa shape index (κ1) is 18.2. The highest BCUT2D eigenvalue weighted by Crippen LogP contribution is 2.19. The van der Waals surface area contributed by atoms with Crippen LogP contribution in [-0.4, -0.2) is 41.1 Å². The molecule has 3 aromatic rings. The van der Waals surface area contributed by atoms with Crippen molar-refractivity contribution in [2.45, 2.75) is 13.5 Å². The molecule has 0 spiro atoms. The number of hydrogen-bond acceptors (Lipinski definition) is 6. The Balaban J connectivity index is 1.40. The predicted molar refractivity (Wildman–Crippen MR) is 109 cm³/mol. The molecule has 6 nitrogen and oxygen atoms in total. The molecule has 2 aromatic heterocycles. The minimum atomic E-state index is -0.228. The summed E-state index contributed by atoms with van der Waals surface area (Å²) < 4.78 is 13.0. The van der Waals surface area contributed by atoms with Crippen LogP contribution in [-0.2, 0) is 6.54 Å². The summed E-state index contributed by atoms with van der Waals surface area (Å²) in [7, 11) is 0. The van der Waals surface area contributed by atoms with E-state index in [-0.39, 0.29) is 5.82 Å². The summed E-state index contributed by atoms with van der Waals surface area (Å²) in [6.45, 7) is 6.01. The van der Waals surface area contributed by atoms with Crippen LogP contribution in [0.15, 0.2) is 54.7 Å². The lowest BCUT2D eigenvalue weighted by Crippen LogP contribution is -2.47. The summed E-state index contributed by atoms with van der Waals surface area (Å²) in [5, 5.41) is 3.31. The van der Waals surface area contributed by atoms with Gasteiger partial charge in [0.1, 0.15) is 17.5 Å². The van der Waals surface area contributed by atoms with Gasteiger partial charge in [-0.1, -0.05) is 18.2 Å². The van der Waals surface area contributed by atoms with Gasteiger partial charge in [0, 0.05) is 50.7 Å². The van der Waals surface area contributed by atoms with Crippen molar-refractivity contribution >= 4 is 17.6 Å². The summed E-state index contributed by atoms with van der Waals surface area (Å²) in [6.07, 6.45) is 1.82. The molecule has 0 radical (unpaired) electrons. The summed E-state index contributed by atoms with van der Waals surface area (Å²) in [6, 6.07) is 14.4. The van der Waals surface area contributed by atoms with Gasteiger partial charge in [0.15, 0.2) is 0 Å². The Morgan fingerprint density at radius 1 is 0.964 bits per heavy atom. The molecule has 1 N–H and O–H groups in total. The van der Waals surface area contributed by atoms with E-state index in [1.165, 1.54) is 12.1 Å². The number of benzene rings is 1. The molecule has 3 heterocycles. The van der Waals surface area contributed by atoms with E-state index in [1.54, 1.807) is 12.1 Å². The molecule has 1 aliphatic rings. The van der Waals surface area contributed by atoms with Gasteiger partial charge >= 0.3 is 0 Å². The smallest absolute Gasteiger partial charge is 0.227 e. The molecule has 1 saturated heterocycles. The van der Waals surface area contributed by atoms with E-state index < -0.39 is 0 Å². The van der Waals surface area contributed by atoms with Crippen molar-refractivity contribution in [3.05, 3.63) is 71.8 Å². The molecule has 0 amide bonds. The third-order valence-corrected chi connectivity index (χ3v) is 4.77. The fourth-order valence-electron chi connectivity index (χ4n) is 3.26. The third-order valence-electron chi connectivity index (χ3n) is 4.77. The molecule has 0 bridgehead atoms. The lowest BCUT2D eigenvalue weighted by atomic mass is 10.2. The first-order valence-corrected chi connectivity index (χ1v) is 9.42. The Morgan fingerprint density at radius 3 is 2.43 bits per heavy atom. The maximum Gasteiger partial charge on any atom is 0.227 e. The first-order valence-electron chi connectivity index (χ1n) is 9.42. The molecule has 144 valence electrons. The maximum absolute atomic E-state index is 13.0. The highest BCUT2D eigenvalue weighted by atomic mass is 19.1. The number of anilines is 3. The van der Waals surface area contributed by atoms with Gasteiger partial charge < -0.3 is 15.1 Å². The van der Waals surface area contributed by atoms with Gasteiger partial charge in [-0.15, -0.1) is 0 Å². The average molecular weight is 378 g/mol. The largest absolute Gasteiger partial charge is 0.366 e. The quantitative estimate of drug-likeness (QED) is 0.736. The topological polar surface area (TPSA) is 57.2 Å². The van der Waals surface area contributed by atoms with Crippen LogP contribution in [0, 0.1) is 12.7 Å². The molecule has 0 aliphatic carbocycles. The second-order valence-electron chi connectivity index (χ2n) is 6.84. The molecule has 1 aromatic carbocycles. The zero-order chi connectivity index (χ0) is 19.3. The summed E-state index contributed by atoms with van der Waals surface area (Å²) in [4.78, 5) is 18.2. The van der Waals surface area contributed by atoms with Crippen LogP contribution < -0.4 is 15.1 Å². The zero-order valence-electron chi connectivity index (χ0n) is 15.8. The van der Waals surface area contributed by atoms with Crippen molar-refractivity contribution < 1.29 is 4.39 Å². The van der Waals surface area contributed by atoms with Crippen molar-refractivity contribution in [1.29, 1.82) is 0 Å². The molecule has 4 rings (SSSR count). The van der Waals surface area contributed by atoms with Crippen LogP contribution in [0.2, 0.25) is 0 Å². The van der Waals surface area contributed by atoms with Gasteiger partial charge in [-0.2, -0.15) is 4.98 Å². The Morgan fingerprint density at radius 2 is 1.71 bits per heavy atom. The standard InChI is InChI=1S/C21H23FN6/c1-16-14-19(24-15-17-5-7-18(22)8-6-17)26-21(25-16)28-12-10-27(11-13-28)20-4-2-3-9-23-20/h2-9,14H,10-13,15H2,1H3,(H,24,25,26). The van der Waals surface area contributed by atoms with Crippen LogP contribution >= 0.6 is 0 Å². The fraction of sp³-hybridized carbons (Fsp3) is 0.286. The van der Waals surface area contributed by atoms with Crippen LogP contribution in [0.4, 0.5) is 22.0 Å². The number of nitrogens with zero attached hydrogens (tertiary/aromatic N) is 5. The summed E-state index contributed by atoms with van der Waals surface area (Å²) >= 11 is 0. The van der Waals surface area contributed by atoms with Gasteiger partial charge in [0.25, 0.3) is 0 Å². The minimum absolute atomic E-state index is 0.228. The van der Waals surface area contributed by atoms with Gasteiger partial charge in [0.05, 0.1) is 0 Å². The SMILES string of the molecule is Cc1cc(NCc2ccc(F)cc2)nc(N2CCN(c3ccccn3)CC2)n1. The molecular formula is C21H23FN6. The molecule has 28 heavy (non-hydrogen) atoms. The molecule has 1 fully saturated rings. The van der Waals surface area contributed by atoms with Crippen LogP contribution in [0.25, 0.3) is 0 Å². The molecular weight excluding hydrogens is 355 g/mol. The van der Waals surface area contributed by atoms with E-state index in [1.807, 2.05) is 37.4 Å². The lowest BCUT2D eigenvalue weighted by molar-refractivity contribution is 0.627. The van der Waals surface area contributed by atoms with Crippen LogP contribution in [0.5, 0.6) is 0 Å². The van der Waals surface area contributed by atoms with Crippen molar-refractivity contribution in [2.24, 2.45) is 0 Å². The fourth-order valence-corrected chi connectivity index (χ4v) is 3.26. The van der Waals surface area contributed by atoms with Crippen LogP contribution in [0.3, 0.4) is 0 Å². The van der Waals surface area contributed by atoms with Crippen molar-refractivity contribution in [2.75, 3.05) is 41.3 Å². The Hall–Kier alpha value is -3.22. The summed E-state index contributed by atoms with van der Waals surface area (Å²) in [5.74, 6) is 2.30. The normalized spacial score (nSPS) is 14.2. The highest BCUT2D eigenvalue weighted by Gasteiger charge is 2.20. The average Bonchev–Trinajstić information content (AvgIpc) is 2.74. The second-order valence-corrected chi connectivity index (χ2v) is 6.84. The molecule has 7 heteroatoms. The molecule has 0 atom stereocenters. The Labute approximate surface area is 164 Å². The molecule has 0 saturated carbocycles. The second kappa shape index (κ2) is 8.21. The highest BCUT2D eigenvalue weighted by molar-refractivity contribution is 5.46. The molecule has 1 aliphatic heterocycles. The van der Waals surface area contributed by atoms with Crippen molar-refractivity contribution in [1.82, 2.24) is 15.0 Å². The minimum Gasteiger partial charge on any atom is -0.366 e. The Kier molecular flexibility index (Phi) is 5.32. The van der Waals surface area contributed by atoms with E-state index in [0.29, 0.717) is 6.54 Å². The van der Waals surface area contributed by atoms with Crippen molar-refractivity contribution in [3.63, 3.8) is 0 Å². The van der Waals surface area contributed by atoms with Gasteiger partial charge in [0.2, 0.25) is 5.95 Å². The van der Waals surface area contributed by atoms with E-state index in [2.05, 4.69) is 30.1 Å². The maximum atomic E-state index is 13.0. The first-order chi connectivity index (χ1) is 13.7. The number of hydrogen-bond donors (Lipinski definition) is 1. The van der Waals surface area contributed by atoms with Gasteiger partial charge in [-0.05, 0) is 36.8 Å². The van der Waals surface area contributed by atoms with E-state index in [9.17, 15) is 4.39 Å². The molecule has 0 unspecified atom stereocenters. The number of piperazine rings is 1. The number of nitrogens with one attached hydrogen (secondary N) is 1. The van der Waals surface area contributed by atoms with E-state index >= 15 is 0 Å². The number of halogens is 1. The monoisotopic (exact) mass is 378 g/mol. The van der Waals surface area contributed by atoms with Gasteiger partial charge in [-0.25, -0.2) is 14.4 Å². The Bertz CT molecular complexity index is 908. The van der Waals surface area contributed by atoms with Crippen molar-refractivity contribution in [3.8, 4) is 0 Å². The number of pyridine rings is 1.